The zero-order valence-corrected chi connectivity index (χ0v) is 21.5. The number of nitrogens with zero attached hydrogens (tertiary/aromatic N) is 6. The topological polar surface area (TPSA) is 105 Å². The quantitative estimate of drug-likeness (QED) is 0.310. The Bertz CT molecular complexity index is 1560. The molecule has 7 rings (SSSR count). The van der Waals surface area contributed by atoms with Crippen molar-refractivity contribution >= 4 is 22.4 Å². The summed E-state index contributed by atoms with van der Waals surface area (Å²) in [5.41, 5.74) is 4.99. The van der Waals surface area contributed by atoms with Crippen LogP contribution in [0.2, 0.25) is 0 Å². The molecule has 5 aromatic heterocycles. The minimum absolute atomic E-state index is 0.593. The first kappa shape index (κ1) is 23.0. The van der Waals surface area contributed by atoms with Gasteiger partial charge in [0.15, 0.2) is 5.65 Å². The zero-order chi connectivity index (χ0) is 25.6. The van der Waals surface area contributed by atoms with Crippen LogP contribution in [0, 0.1) is 17.8 Å². The largest absolute Gasteiger partial charge is 0.492 e. The number of nitrogens with one attached hydrogen (secondary N) is 2. The number of methoxy groups -OCH3 is 1. The van der Waals surface area contributed by atoms with Gasteiger partial charge in [-0.3, -0.25) is 5.10 Å². The van der Waals surface area contributed by atoms with Gasteiger partial charge in [-0.15, -0.1) is 5.10 Å². The number of pyridine rings is 3. The lowest BCUT2D eigenvalue weighted by Gasteiger charge is -2.21. The van der Waals surface area contributed by atoms with Crippen LogP contribution >= 0.6 is 0 Å². The number of anilines is 1. The van der Waals surface area contributed by atoms with Gasteiger partial charge >= 0.3 is 0 Å². The zero-order valence-electron chi connectivity index (χ0n) is 21.5. The number of hydrogen-bond donors (Lipinski definition) is 2. The molecular weight excluding hydrogens is 480 g/mol. The Labute approximate surface area is 220 Å². The molecule has 0 amide bonds. The molecule has 2 unspecified atom stereocenters. The van der Waals surface area contributed by atoms with E-state index in [-0.39, 0.29) is 0 Å². The summed E-state index contributed by atoms with van der Waals surface area (Å²) in [5, 5.41) is 16.3. The van der Waals surface area contributed by atoms with Gasteiger partial charge in [-0.1, -0.05) is 6.07 Å². The van der Waals surface area contributed by atoms with Crippen molar-refractivity contribution in [2.75, 3.05) is 38.3 Å². The van der Waals surface area contributed by atoms with Gasteiger partial charge in [-0.05, 0) is 55.0 Å². The lowest BCUT2D eigenvalue weighted by atomic mass is 10.1. The number of piperidine rings is 1. The minimum atomic E-state index is 0.593. The van der Waals surface area contributed by atoms with E-state index in [1.807, 2.05) is 42.3 Å². The molecule has 1 aliphatic carbocycles. The number of ether oxygens (including phenoxy) is 2. The number of fused-ring (bicyclic) bond motifs is 4. The van der Waals surface area contributed by atoms with E-state index in [2.05, 4.69) is 54.8 Å². The third-order valence-electron chi connectivity index (χ3n) is 7.88. The van der Waals surface area contributed by atoms with E-state index in [4.69, 9.17) is 14.5 Å². The van der Waals surface area contributed by atoms with Crippen molar-refractivity contribution in [3.63, 3.8) is 0 Å². The molecule has 0 bridgehead atoms. The summed E-state index contributed by atoms with van der Waals surface area (Å²) >= 11 is 0. The van der Waals surface area contributed by atoms with Gasteiger partial charge in [-0.2, -0.15) is 5.10 Å². The molecule has 2 N–H and O–H groups in total. The van der Waals surface area contributed by atoms with Crippen molar-refractivity contribution in [2.45, 2.75) is 13.5 Å². The van der Waals surface area contributed by atoms with Gasteiger partial charge in [0.1, 0.15) is 11.6 Å². The molecule has 1 saturated heterocycles. The lowest BCUT2D eigenvalue weighted by Crippen LogP contribution is -2.28. The summed E-state index contributed by atoms with van der Waals surface area (Å²) in [5.74, 6) is 4.68. The third kappa shape index (κ3) is 4.01. The van der Waals surface area contributed by atoms with Crippen LogP contribution in [0.5, 0.6) is 11.6 Å². The summed E-state index contributed by atoms with van der Waals surface area (Å²) in [6, 6.07) is 10.3. The molecule has 38 heavy (non-hydrogen) atoms. The molecule has 1 saturated carbocycles. The molecular formula is C28H30N8O2. The van der Waals surface area contributed by atoms with Gasteiger partial charge in [-0.25, -0.2) is 14.5 Å². The highest BCUT2D eigenvalue weighted by molar-refractivity contribution is 6.00. The normalized spacial score (nSPS) is 20.3. The SMILES string of the molecule is CCOc1cc(-c2ccc(N3CC4C(CNCc5ccc(OC)nc5)C4C3)nc2)c2c3cn[nH]c3nn2c1. The van der Waals surface area contributed by atoms with Crippen molar-refractivity contribution in [3.05, 3.63) is 60.7 Å². The fraction of sp³-hybridized carbons (Fsp3) is 0.357. The van der Waals surface area contributed by atoms with Gasteiger partial charge in [0, 0.05) is 49.2 Å². The molecule has 6 heterocycles. The number of hydrogen-bond acceptors (Lipinski definition) is 8. The maximum absolute atomic E-state index is 5.81. The number of aromatic nitrogens is 6. The van der Waals surface area contributed by atoms with Crippen molar-refractivity contribution in [2.24, 2.45) is 17.8 Å². The Balaban J connectivity index is 1.01. The monoisotopic (exact) mass is 510 g/mol. The van der Waals surface area contributed by atoms with E-state index in [9.17, 15) is 0 Å². The van der Waals surface area contributed by atoms with Crippen LogP contribution in [0.4, 0.5) is 5.82 Å². The standard InChI is InChI=1S/C28H30N8O2/c1-3-38-19-8-20(27-22-13-32-33-28(22)34-36(27)14-19)18-5-6-25(30-11-18)35-15-23-21(24(23)16-35)12-29-9-17-4-7-26(37-2)31-10-17/h4-8,10-11,13-14,21,23-24,29H,3,9,12,15-16H2,1-2H3,(H,33,34). The smallest absolute Gasteiger partial charge is 0.212 e. The Kier molecular flexibility index (Phi) is 5.61. The summed E-state index contributed by atoms with van der Waals surface area (Å²) in [4.78, 5) is 11.6. The van der Waals surface area contributed by atoms with Crippen molar-refractivity contribution in [3.8, 4) is 22.8 Å². The van der Waals surface area contributed by atoms with Crippen molar-refractivity contribution < 1.29 is 9.47 Å². The first-order valence-corrected chi connectivity index (χ1v) is 13.1. The van der Waals surface area contributed by atoms with Gasteiger partial charge in [0.05, 0.1) is 37.0 Å². The van der Waals surface area contributed by atoms with Crippen LogP contribution < -0.4 is 19.7 Å². The fourth-order valence-corrected chi connectivity index (χ4v) is 5.90. The summed E-state index contributed by atoms with van der Waals surface area (Å²) in [6.07, 6.45) is 7.57. The molecule has 2 atom stereocenters. The molecule has 5 aromatic rings. The molecule has 194 valence electrons. The van der Waals surface area contributed by atoms with E-state index >= 15 is 0 Å². The maximum atomic E-state index is 5.81. The number of rotatable bonds is 9. The average molecular weight is 511 g/mol. The van der Waals surface area contributed by atoms with E-state index in [1.165, 1.54) is 5.56 Å². The second kappa shape index (κ2) is 9.29. The Morgan fingerprint density at radius 3 is 2.71 bits per heavy atom. The third-order valence-corrected chi connectivity index (χ3v) is 7.88. The molecule has 0 spiro atoms. The summed E-state index contributed by atoms with van der Waals surface area (Å²) in [6.45, 7) is 6.58. The maximum Gasteiger partial charge on any atom is 0.212 e. The van der Waals surface area contributed by atoms with Crippen LogP contribution in [-0.2, 0) is 6.54 Å². The predicted octanol–water partition coefficient (Wildman–Crippen LogP) is 3.55. The Hall–Kier alpha value is -4.18. The molecule has 2 fully saturated rings. The van der Waals surface area contributed by atoms with E-state index < -0.39 is 0 Å². The van der Waals surface area contributed by atoms with Crippen molar-refractivity contribution in [1.29, 1.82) is 0 Å². The minimum Gasteiger partial charge on any atom is -0.492 e. The molecule has 10 heteroatoms. The summed E-state index contributed by atoms with van der Waals surface area (Å²) < 4.78 is 12.8. The highest BCUT2D eigenvalue weighted by Crippen LogP contribution is 2.52. The molecule has 0 aromatic carbocycles. The summed E-state index contributed by atoms with van der Waals surface area (Å²) in [7, 11) is 1.64. The molecule has 1 aliphatic heterocycles. The fourth-order valence-electron chi connectivity index (χ4n) is 5.90. The van der Waals surface area contributed by atoms with Gasteiger partial charge in [0.25, 0.3) is 0 Å². The second-order valence-electron chi connectivity index (χ2n) is 10.1. The highest BCUT2D eigenvalue weighted by atomic mass is 16.5. The number of H-pyrrole nitrogens is 1. The van der Waals surface area contributed by atoms with E-state index in [0.717, 1.165) is 83.2 Å². The molecule has 2 aliphatic rings. The second-order valence-corrected chi connectivity index (χ2v) is 10.1. The van der Waals surface area contributed by atoms with Crippen LogP contribution in [0.1, 0.15) is 12.5 Å². The van der Waals surface area contributed by atoms with Crippen LogP contribution in [0.15, 0.2) is 55.1 Å². The molecule has 10 nitrogen and oxygen atoms in total. The van der Waals surface area contributed by atoms with E-state index in [0.29, 0.717) is 12.5 Å². The molecule has 0 radical (unpaired) electrons. The van der Waals surface area contributed by atoms with Crippen molar-refractivity contribution in [1.82, 2.24) is 35.1 Å². The highest BCUT2D eigenvalue weighted by Gasteiger charge is 2.55. The number of aromatic amines is 1. The Morgan fingerprint density at radius 2 is 1.97 bits per heavy atom. The van der Waals surface area contributed by atoms with Gasteiger partial charge < -0.3 is 19.7 Å². The van der Waals surface area contributed by atoms with E-state index in [1.54, 1.807) is 7.11 Å². The van der Waals surface area contributed by atoms with Crippen LogP contribution in [0.3, 0.4) is 0 Å². The van der Waals surface area contributed by atoms with Crippen LogP contribution in [-0.4, -0.2) is 63.1 Å². The average Bonchev–Trinajstić information content (AvgIpc) is 3.35. The first-order chi connectivity index (χ1) is 18.7. The Morgan fingerprint density at radius 1 is 1.08 bits per heavy atom. The lowest BCUT2D eigenvalue weighted by molar-refractivity contribution is 0.338. The first-order valence-electron chi connectivity index (χ1n) is 13.1. The van der Waals surface area contributed by atoms with Crippen LogP contribution in [0.25, 0.3) is 27.7 Å². The predicted molar refractivity (Wildman–Crippen MR) is 144 cm³/mol. The van der Waals surface area contributed by atoms with Gasteiger partial charge in [0.2, 0.25) is 5.88 Å².